The van der Waals surface area contributed by atoms with Crippen molar-refractivity contribution in [1.82, 2.24) is 14.9 Å². The Morgan fingerprint density at radius 3 is 2.26 bits per heavy atom. The van der Waals surface area contributed by atoms with Crippen LogP contribution in [0, 0.1) is 11.6 Å². The van der Waals surface area contributed by atoms with Crippen LogP contribution in [0.15, 0.2) is 47.4 Å². The summed E-state index contributed by atoms with van der Waals surface area (Å²) in [7, 11) is -4.19. The molecule has 1 aliphatic heterocycles. The van der Waals surface area contributed by atoms with Crippen LogP contribution in [0.5, 0.6) is 5.75 Å². The molecule has 1 aliphatic rings. The summed E-state index contributed by atoms with van der Waals surface area (Å²) >= 11 is 0. The molecule has 0 saturated carbocycles. The third-order valence-corrected chi connectivity index (χ3v) is 6.15. The van der Waals surface area contributed by atoms with Gasteiger partial charge in [-0.3, -0.25) is 4.90 Å². The van der Waals surface area contributed by atoms with Crippen molar-refractivity contribution in [3.8, 4) is 5.75 Å². The number of benzene rings is 2. The van der Waals surface area contributed by atoms with E-state index in [9.17, 15) is 30.4 Å². The quantitative estimate of drug-likeness (QED) is 0.616. The average molecular weight is 465 g/mol. The van der Waals surface area contributed by atoms with Crippen LogP contribution in [-0.2, 0) is 10.0 Å². The Hall–Kier alpha value is -2.28. The zero-order valence-electron chi connectivity index (χ0n) is 16.1. The number of hydrogen-bond acceptors (Lipinski definition) is 5. The zero-order valence-corrected chi connectivity index (χ0v) is 16.9. The van der Waals surface area contributed by atoms with E-state index in [-0.39, 0.29) is 17.0 Å². The fourth-order valence-electron chi connectivity index (χ4n) is 3.17. The average Bonchev–Trinajstić information content (AvgIpc) is 2.69. The number of halogens is 5. The maximum Gasteiger partial charge on any atom is 0.573 e. The summed E-state index contributed by atoms with van der Waals surface area (Å²) in [5.74, 6) is -2.74. The summed E-state index contributed by atoms with van der Waals surface area (Å²) in [5, 5.41) is 3.16. The highest BCUT2D eigenvalue weighted by molar-refractivity contribution is 7.89. The van der Waals surface area contributed by atoms with Crippen molar-refractivity contribution < 1.29 is 35.1 Å². The van der Waals surface area contributed by atoms with Crippen LogP contribution in [0.3, 0.4) is 0 Å². The molecule has 2 aromatic carbocycles. The number of rotatable bonds is 7. The predicted molar refractivity (Wildman–Crippen MR) is 102 cm³/mol. The van der Waals surface area contributed by atoms with Gasteiger partial charge in [-0.05, 0) is 42.0 Å². The molecule has 3 rings (SSSR count). The molecule has 12 heteroatoms. The first-order valence-electron chi connectivity index (χ1n) is 9.30. The molecule has 0 aromatic heterocycles. The van der Waals surface area contributed by atoms with E-state index in [1.165, 1.54) is 6.07 Å². The Morgan fingerprint density at radius 1 is 1.03 bits per heavy atom. The van der Waals surface area contributed by atoms with Crippen LogP contribution in [0.2, 0.25) is 0 Å². The Balaban J connectivity index is 1.83. The normalized spacial score (nSPS) is 16.8. The number of hydrogen-bond donors (Lipinski definition) is 2. The van der Waals surface area contributed by atoms with Crippen molar-refractivity contribution in [2.45, 2.75) is 17.3 Å². The van der Waals surface area contributed by atoms with Gasteiger partial charge >= 0.3 is 6.36 Å². The Bertz CT molecular complexity index is 994. The van der Waals surface area contributed by atoms with Crippen molar-refractivity contribution in [3.05, 3.63) is 59.7 Å². The van der Waals surface area contributed by atoms with E-state index in [1.54, 1.807) is 0 Å². The van der Waals surface area contributed by atoms with Crippen molar-refractivity contribution >= 4 is 10.0 Å². The van der Waals surface area contributed by atoms with Crippen molar-refractivity contribution in [3.63, 3.8) is 0 Å². The van der Waals surface area contributed by atoms with E-state index in [0.29, 0.717) is 26.2 Å². The molecular weight excluding hydrogens is 445 g/mol. The highest BCUT2D eigenvalue weighted by Crippen LogP contribution is 2.25. The molecule has 1 fully saturated rings. The lowest BCUT2D eigenvalue weighted by atomic mass is 10.1. The van der Waals surface area contributed by atoms with Crippen LogP contribution in [0.4, 0.5) is 22.0 Å². The van der Waals surface area contributed by atoms with Gasteiger partial charge in [0.15, 0.2) is 11.6 Å². The molecular formula is C19H20F5N3O3S. The van der Waals surface area contributed by atoms with Crippen LogP contribution in [-0.4, -0.2) is 52.4 Å². The highest BCUT2D eigenvalue weighted by atomic mass is 32.2. The SMILES string of the molecule is O=S(=O)(NC(CN1CCNCC1)c1ccc(F)c(F)c1)c1ccc(OC(F)(F)F)cc1. The van der Waals surface area contributed by atoms with E-state index in [4.69, 9.17) is 0 Å². The minimum Gasteiger partial charge on any atom is -0.406 e. The van der Waals surface area contributed by atoms with E-state index in [1.807, 2.05) is 4.90 Å². The number of nitrogens with zero attached hydrogens (tertiary/aromatic N) is 1. The van der Waals surface area contributed by atoms with Crippen molar-refractivity contribution in [2.24, 2.45) is 0 Å². The molecule has 0 spiro atoms. The molecule has 2 N–H and O–H groups in total. The second kappa shape index (κ2) is 9.47. The number of sulfonamides is 1. The zero-order chi connectivity index (χ0) is 22.6. The van der Waals surface area contributed by atoms with Gasteiger partial charge in [0, 0.05) is 32.7 Å². The fraction of sp³-hybridized carbons (Fsp3) is 0.368. The van der Waals surface area contributed by atoms with Gasteiger partial charge in [0.1, 0.15) is 5.75 Å². The van der Waals surface area contributed by atoms with E-state index in [0.717, 1.165) is 36.4 Å². The highest BCUT2D eigenvalue weighted by Gasteiger charge is 2.31. The molecule has 6 nitrogen and oxygen atoms in total. The number of alkyl halides is 3. The molecule has 31 heavy (non-hydrogen) atoms. The lowest BCUT2D eigenvalue weighted by Gasteiger charge is -2.31. The molecule has 1 saturated heterocycles. The van der Waals surface area contributed by atoms with Crippen LogP contribution in [0.25, 0.3) is 0 Å². The van der Waals surface area contributed by atoms with Crippen LogP contribution >= 0.6 is 0 Å². The van der Waals surface area contributed by atoms with Gasteiger partial charge in [-0.15, -0.1) is 13.2 Å². The fourth-order valence-corrected chi connectivity index (χ4v) is 4.38. The summed E-state index contributed by atoms with van der Waals surface area (Å²) in [4.78, 5) is 1.67. The molecule has 0 bridgehead atoms. The lowest BCUT2D eigenvalue weighted by Crippen LogP contribution is -2.47. The van der Waals surface area contributed by atoms with Crippen molar-refractivity contribution in [2.75, 3.05) is 32.7 Å². The van der Waals surface area contributed by atoms with Crippen molar-refractivity contribution in [1.29, 1.82) is 0 Å². The summed E-state index contributed by atoms with van der Waals surface area (Å²) in [5.41, 5.74) is 0.220. The van der Waals surface area contributed by atoms with Gasteiger partial charge in [0.25, 0.3) is 0 Å². The molecule has 0 amide bonds. The number of nitrogens with one attached hydrogen (secondary N) is 2. The summed E-state index contributed by atoms with van der Waals surface area (Å²) < 4.78 is 95.9. The van der Waals surface area contributed by atoms with Gasteiger partial charge < -0.3 is 10.1 Å². The largest absolute Gasteiger partial charge is 0.573 e. The molecule has 170 valence electrons. The maximum atomic E-state index is 13.8. The molecule has 0 radical (unpaired) electrons. The second-order valence-electron chi connectivity index (χ2n) is 6.92. The Morgan fingerprint density at radius 2 is 1.68 bits per heavy atom. The van der Waals surface area contributed by atoms with Gasteiger partial charge in [-0.25, -0.2) is 21.9 Å². The topological polar surface area (TPSA) is 70.7 Å². The monoisotopic (exact) mass is 465 g/mol. The second-order valence-corrected chi connectivity index (χ2v) is 8.63. The first-order chi connectivity index (χ1) is 14.5. The summed E-state index contributed by atoms with van der Waals surface area (Å²) in [6.45, 7) is 2.84. The minimum atomic E-state index is -4.90. The standard InChI is InChI=1S/C19H20F5N3O3S/c20-16-6-1-13(11-17(16)21)18(12-27-9-7-25-8-10-27)26-31(28,29)15-4-2-14(3-5-15)30-19(22,23)24/h1-6,11,18,25-26H,7-10,12H2. The lowest BCUT2D eigenvalue weighted by molar-refractivity contribution is -0.274. The van der Waals surface area contributed by atoms with Gasteiger partial charge in [0.2, 0.25) is 10.0 Å². The summed E-state index contributed by atoms with van der Waals surface area (Å²) in [6.07, 6.45) is -4.90. The molecule has 2 aromatic rings. The molecule has 1 atom stereocenters. The number of ether oxygens (including phenoxy) is 1. The Kier molecular flexibility index (Phi) is 7.14. The molecule has 0 aliphatic carbocycles. The first kappa shape index (κ1) is 23.4. The van der Waals surface area contributed by atoms with Gasteiger partial charge in [-0.1, -0.05) is 6.07 Å². The maximum absolute atomic E-state index is 13.8. The van der Waals surface area contributed by atoms with E-state index < -0.39 is 39.8 Å². The van der Waals surface area contributed by atoms with Crippen LogP contribution in [0.1, 0.15) is 11.6 Å². The predicted octanol–water partition coefficient (Wildman–Crippen LogP) is 2.79. The van der Waals surface area contributed by atoms with E-state index in [2.05, 4.69) is 14.8 Å². The van der Waals surface area contributed by atoms with Gasteiger partial charge in [0.05, 0.1) is 10.9 Å². The number of piperazine rings is 1. The minimum absolute atomic E-state index is 0.196. The van der Waals surface area contributed by atoms with E-state index >= 15 is 0 Å². The Labute approximate surface area is 176 Å². The third kappa shape index (κ3) is 6.60. The molecule has 1 heterocycles. The molecule has 1 unspecified atom stereocenters. The first-order valence-corrected chi connectivity index (χ1v) is 10.8. The van der Waals surface area contributed by atoms with Gasteiger partial charge in [-0.2, -0.15) is 0 Å². The van der Waals surface area contributed by atoms with Crippen LogP contribution < -0.4 is 14.8 Å². The summed E-state index contributed by atoms with van der Waals surface area (Å²) in [6, 6.07) is 5.90. The third-order valence-electron chi connectivity index (χ3n) is 4.66. The smallest absolute Gasteiger partial charge is 0.406 e.